The second-order valence-corrected chi connectivity index (χ2v) is 7.51. The molecule has 0 aromatic rings. The third kappa shape index (κ3) is 6.28. The average molecular weight is 295 g/mol. The van der Waals surface area contributed by atoms with Crippen molar-refractivity contribution in [1.29, 1.82) is 0 Å². The summed E-state index contributed by atoms with van der Waals surface area (Å²) < 4.78 is 0. The molecule has 2 nitrogen and oxygen atoms in total. The summed E-state index contributed by atoms with van der Waals surface area (Å²) >= 11 is 0. The second-order valence-electron chi connectivity index (χ2n) is 7.51. The van der Waals surface area contributed by atoms with Crippen molar-refractivity contribution in [2.75, 3.05) is 13.1 Å². The van der Waals surface area contributed by atoms with Gasteiger partial charge in [-0.15, -0.1) is 0 Å². The normalized spacial score (nSPS) is 34.0. The van der Waals surface area contributed by atoms with E-state index in [4.69, 9.17) is 0 Å². The van der Waals surface area contributed by atoms with Crippen molar-refractivity contribution in [1.82, 2.24) is 10.6 Å². The number of rotatable bonds is 8. The first kappa shape index (κ1) is 17.3. The third-order valence-corrected chi connectivity index (χ3v) is 6.07. The van der Waals surface area contributed by atoms with Gasteiger partial charge < -0.3 is 10.6 Å². The Labute approximate surface area is 132 Å². The van der Waals surface area contributed by atoms with Gasteiger partial charge >= 0.3 is 0 Å². The summed E-state index contributed by atoms with van der Waals surface area (Å²) in [5.74, 6) is 2.03. The van der Waals surface area contributed by atoms with E-state index in [2.05, 4.69) is 24.5 Å². The fourth-order valence-corrected chi connectivity index (χ4v) is 4.25. The van der Waals surface area contributed by atoms with E-state index in [0.29, 0.717) is 0 Å². The summed E-state index contributed by atoms with van der Waals surface area (Å²) in [6, 6.07) is 1.63. The van der Waals surface area contributed by atoms with Gasteiger partial charge in [0.05, 0.1) is 0 Å². The minimum atomic E-state index is 0.813. The molecule has 0 heterocycles. The van der Waals surface area contributed by atoms with Gasteiger partial charge in [-0.1, -0.05) is 26.7 Å². The molecule has 0 spiro atoms. The van der Waals surface area contributed by atoms with Gasteiger partial charge in [-0.3, -0.25) is 0 Å². The number of nitrogens with one attached hydrogen (secondary N) is 2. The summed E-state index contributed by atoms with van der Waals surface area (Å²) in [5, 5.41) is 7.56. The third-order valence-electron chi connectivity index (χ3n) is 6.07. The van der Waals surface area contributed by atoms with Crippen LogP contribution in [0, 0.1) is 11.8 Å². The van der Waals surface area contributed by atoms with Crippen LogP contribution in [0.25, 0.3) is 0 Å². The zero-order chi connectivity index (χ0) is 14.9. The van der Waals surface area contributed by atoms with Crippen molar-refractivity contribution >= 4 is 0 Å². The summed E-state index contributed by atoms with van der Waals surface area (Å²) in [6.45, 7) is 7.10. The zero-order valence-electron chi connectivity index (χ0n) is 14.5. The van der Waals surface area contributed by atoms with Crippen molar-refractivity contribution < 1.29 is 0 Å². The zero-order valence-corrected chi connectivity index (χ0v) is 14.5. The summed E-state index contributed by atoms with van der Waals surface area (Å²) in [4.78, 5) is 0. The molecule has 2 N–H and O–H groups in total. The lowest BCUT2D eigenvalue weighted by Crippen LogP contribution is -2.37. The Morgan fingerprint density at radius 1 is 0.619 bits per heavy atom. The maximum Gasteiger partial charge on any atom is 0.00672 e. The Balaban J connectivity index is 1.44. The molecule has 2 heteroatoms. The highest BCUT2D eigenvalue weighted by molar-refractivity contribution is 4.78. The Hall–Kier alpha value is -0.0800. The summed E-state index contributed by atoms with van der Waals surface area (Å²) in [5.41, 5.74) is 0. The molecule has 0 aromatic carbocycles. The lowest BCUT2D eigenvalue weighted by atomic mass is 9.84. The molecule has 0 aromatic heterocycles. The summed E-state index contributed by atoms with van der Waals surface area (Å²) in [6.07, 6.45) is 15.5. The standard InChI is InChI=1S/C19H38N2/c1-3-16-6-10-18(11-7-16)20-14-5-15-21-19-12-8-17(4-2)9-13-19/h16-21H,3-15H2,1-2H3. The fraction of sp³-hybridized carbons (Fsp3) is 1.00. The van der Waals surface area contributed by atoms with Crippen LogP contribution in [0.3, 0.4) is 0 Å². The topological polar surface area (TPSA) is 24.1 Å². The second kappa shape index (κ2) is 9.84. The van der Waals surface area contributed by atoms with E-state index in [-0.39, 0.29) is 0 Å². The van der Waals surface area contributed by atoms with Crippen molar-refractivity contribution in [3.63, 3.8) is 0 Å². The van der Waals surface area contributed by atoms with Gasteiger partial charge in [0.25, 0.3) is 0 Å². The Morgan fingerprint density at radius 3 is 1.33 bits per heavy atom. The van der Waals surface area contributed by atoms with Crippen LogP contribution in [-0.2, 0) is 0 Å². The highest BCUT2D eigenvalue weighted by Gasteiger charge is 2.20. The first-order valence-electron chi connectivity index (χ1n) is 9.78. The van der Waals surface area contributed by atoms with Gasteiger partial charge in [0.2, 0.25) is 0 Å². The van der Waals surface area contributed by atoms with Crippen molar-refractivity contribution in [3.8, 4) is 0 Å². The van der Waals surface area contributed by atoms with Crippen LogP contribution in [-0.4, -0.2) is 25.2 Å². The average Bonchev–Trinajstić information content (AvgIpc) is 2.55. The molecule has 2 rings (SSSR count). The SMILES string of the molecule is CCC1CCC(NCCCNC2CCC(CC)CC2)CC1. The van der Waals surface area contributed by atoms with Crippen LogP contribution < -0.4 is 10.6 Å². The minimum Gasteiger partial charge on any atom is -0.314 e. The van der Waals surface area contributed by atoms with Gasteiger partial charge in [0.1, 0.15) is 0 Å². The van der Waals surface area contributed by atoms with E-state index in [1.807, 2.05) is 0 Å². The summed E-state index contributed by atoms with van der Waals surface area (Å²) in [7, 11) is 0. The minimum absolute atomic E-state index is 0.813. The van der Waals surface area contributed by atoms with Crippen LogP contribution in [0.15, 0.2) is 0 Å². The Kier molecular flexibility index (Phi) is 8.10. The van der Waals surface area contributed by atoms with Crippen molar-refractivity contribution in [3.05, 3.63) is 0 Å². The predicted octanol–water partition coefficient (Wildman–Crippen LogP) is 4.49. The lowest BCUT2D eigenvalue weighted by Gasteiger charge is -2.29. The maximum atomic E-state index is 3.78. The first-order valence-corrected chi connectivity index (χ1v) is 9.78. The molecule has 0 radical (unpaired) electrons. The molecule has 2 fully saturated rings. The lowest BCUT2D eigenvalue weighted by molar-refractivity contribution is 0.277. The van der Waals surface area contributed by atoms with E-state index in [1.165, 1.54) is 83.7 Å². The van der Waals surface area contributed by atoms with E-state index in [1.54, 1.807) is 0 Å². The molecule has 124 valence electrons. The van der Waals surface area contributed by atoms with E-state index >= 15 is 0 Å². The smallest absolute Gasteiger partial charge is 0.00672 e. The van der Waals surface area contributed by atoms with Crippen LogP contribution in [0.2, 0.25) is 0 Å². The molecule has 2 aliphatic carbocycles. The quantitative estimate of drug-likeness (QED) is 0.644. The van der Waals surface area contributed by atoms with Gasteiger partial charge in [0.15, 0.2) is 0 Å². The molecular formula is C19H38N2. The highest BCUT2D eigenvalue weighted by atomic mass is 14.9. The maximum absolute atomic E-state index is 3.78. The molecule has 21 heavy (non-hydrogen) atoms. The van der Waals surface area contributed by atoms with Crippen molar-refractivity contribution in [2.45, 2.75) is 96.6 Å². The Bertz CT molecular complexity index is 224. The Morgan fingerprint density at radius 2 is 1.00 bits per heavy atom. The molecule has 0 atom stereocenters. The molecule has 2 aliphatic rings. The van der Waals surface area contributed by atoms with Gasteiger partial charge in [-0.25, -0.2) is 0 Å². The molecule has 0 amide bonds. The number of hydrogen-bond donors (Lipinski definition) is 2. The van der Waals surface area contributed by atoms with E-state index in [9.17, 15) is 0 Å². The molecule has 0 unspecified atom stereocenters. The molecular weight excluding hydrogens is 256 g/mol. The van der Waals surface area contributed by atoms with E-state index < -0.39 is 0 Å². The van der Waals surface area contributed by atoms with Gasteiger partial charge in [-0.2, -0.15) is 0 Å². The highest BCUT2D eigenvalue weighted by Crippen LogP contribution is 2.27. The fourth-order valence-electron chi connectivity index (χ4n) is 4.25. The van der Waals surface area contributed by atoms with Crippen LogP contribution in [0.4, 0.5) is 0 Å². The molecule has 0 aliphatic heterocycles. The van der Waals surface area contributed by atoms with Gasteiger partial charge in [0, 0.05) is 12.1 Å². The van der Waals surface area contributed by atoms with E-state index in [0.717, 1.165) is 23.9 Å². The largest absolute Gasteiger partial charge is 0.314 e. The first-order chi connectivity index (χ1) is 10.3. The molecule has 0 saturated heterocycles. The monoisotopic (exact) mass is 294 g/mol. The van der Waals surface area contributed by atoms with Crippen LogP contribution in [0.5, 0.6) is 0 Å². The van der Waals surface area contributed by atoms with Crippen LogP contribution >= 0.6 is 0 Å². The van der Waals surface area contributed by atoms with Gasteiger partial charge in [-0.05, 0) is 82.7 Å². The number of hydrogen-bond acceptors (Lipinski definition) is 2. The molecule has 2 saturated carbocycles. The van der Waals surface area contributed by atoms with Crippen LogP contribution in [0.1, 0.15) is 84.5 Å². The molecule has 0 bridgehead atoms. The van der Waals surface area contributed by atoms with Crippen molar-refractivity contribution in [2.24, 2.45) is 11.8 Å². The predicted molar refractivity (Wildman–Crippen MR) is 92.7 cm³/mol.